The van der Waals surface area contributed by atoms with Crippen molar-refractivity contribution in [3.8, 4) is 23.1 Å². The van der Waals surface area contributed by atoms with Gasteiger partial charge in [0, 0.05) is 18.7 Å². The number of carbonyl (C=O) groups excluding carboxylic acids is 1. The Balaban J connectivity index is 1.39. The molecule has 1 aromatic carbocycles. The van der Waals surface area contributed by atoms with Crippen molar-refractivity contribution in [2.24, 2.45) is 7.05 Å². The average molecular weight is 398 g/mol. The molecule has 0 unspecified atom stereocenters. The summed E-state index contributed by atoms with van der Waals surface area (Å²) < 4.78 is 7.12. The predicted octanol–water partition coefficient (Wildman–Crippen LogP) is 3.07. The minimum atomic E-state index is 0.0330. The second-order valence-electron chi connectivity index (χ2n) is 6.85. The van der Waals surface area contributed by atoms with E-state index in [1.165, 1.54) is 31.0 Å². The summed E-state index contributed by atoms with van der Waals surface area (Å²) in [5, 5.41) is 16.1. The number of carbonyl (C=O) groups is 1. The van der Waals surface area contributed by atoms with E-state index >= 15 is 0 Å². The Kier molecular flexibility index (Phi) is 5.70. The molecule has 0 spiro atoms. The van der Waals surface area contributed by atoms with Crippen LogP contribution in [0.4, 0.5) is 0 Å². The van der Waals surface area contributed by atoms with Crippen molar-refractivity contribution in [1.82, 2.24) is 30.2 Å². The topological polar surface area (TPSA) is 98.7 Å². The van der Waals surface area contributed by atoms with Crippen LogP contribution < -0.4 is 5.32 Å². The molecule has 1 N–H and O–H groups in total. The molecule has 9 heteroatoms. The molecular weight excluding hydrogens is 376 g/mol. The Morgan fingerprint density at radius 1 is 1.21 bits per heavy atom. The van der Waals surface area contributed by atoms with E-state index < -0.39 is 0 Å². The van der Waals surface area contributed by atoms with E-state index in [0.29, 0.717) is 34.5 Å². The van der Waals surface area contributed by atoms with Gasteiger partial charge in [0.2, 0.25) is 17.6 Å². The third-order valence-corrected chi connectivity index (χ3v) is 5.81. The van der Waals surface area contributed by atoms with Crippen LogP contribution in [-0.4, -0.2) is 42.6 Å². The first-order valence-corrected chi connectivity index (χ1v) is 10.4. The van der Waals surface area contributed by atoms with Crippen LogP contribution in [0.25, 0.3) is 23.1 Å². The van der Waals surface area contributed by atoms with Gasteiger partial charge in [0.15, 0.2) is 5.16 Å². The molecule has 146 valence electrons. The lowest BCUT2D eigenvalue weighted by Crippen LogP contribution is -2.37. The molecule has 0 atom stereocenters. The highest BCUT2D eigenvalue weighted by atomic mass is 32.2. The van der Waals surface area contributed by atoms with E-state index in [2.05, 4.69) is 25.7 Å². The highest BCUT2D eigenvalue weighted by Gasteiger charge is 2.20. The SMILES string of the molecule is Cn1c(SCC(=O)NC2CCCCC2)nnc1-c1nc(-c2ccccc2)no1. The maximum atomic E-state index is 12.2. The summed E-state index contributed by atoms with van der Waals surface area (Å²) in [6, 6.07) is 9.91. The molecule has 0 radical (unpaired) electrons. The van der Waals surface area contributed by atoms with Crippen LogP contribution in [0.5, 0.6) is 0 Å². The Labute approximate surface area is 167 Å². The molecule has 1 fully saturated rings. The molecular formula is C19H22N6O2S. The van der Waals surface area contributed by atoms with Crippen LogP contribution in [0.3, 0.4) is 0 Å². The van der Waals surface area contributed by atoms with Crippen LogP contribution in [0.2, 0.25) is 0 Å². The van der Waals surface area contributed by atoms with Gasteiger partial charge >= 0.3 is 0 Å². The summed E-state index contributed by atoms with van der Waals surface area (Å²) in [6.45, 7) is 0. The van der Waals surface area contributed by atoms with Gasteiger partial charge in [-0.05, 0) is 12.8 Å². The Morgan fingerprint density at radius 2 is 2.00 bits per heavy atom. The van der Waals surface area contributed by atoms with E-state index in [9.17, 15) is 4.79 Å². The lowest BCUT2D eigenvalue weighted by Gasteiger charge is -2.22. The standard InChI is InChI=1S/C19H22N6O2S/c1-25-17(18-21-16(24-27-18)13-8-4-2-5-9-13)22-23-19(25)28-12-15(26)20-14-10-6-3-7-11-14/h2,4-5,8-9,14H,3,6-7,10-12H2,1H3,(H,20,26). The number of thioether (sulfide) groups is 1. The quantitative estimate of drug-likeness (QED) is 0.637. The predicted molar refractivity (Wildman–Crippen MR) is 105 cm³/mol. The van der Waals surface area contributed by atoms with Crippen LogP contribution in [0, 0.1) is 0 Å². The van der Waals surface area contributed by atoms with E-state index in [0.717, 1.165) is 18.4 Å². The van der Waals surface area contributed by atoms with Crippen molar-refractivity contribution < 1.29 is 9.32 Å². The highest BCUT2D eigenvalue weighted by molar-refractivity contribution is 7.99. The van der Waals surface area contributed by atoms with Crippen LogP contribution in [-0.2, 0) is 11.8 Å². The maximum Gasteiger partial charge on any atom is 0.296 e. The fourth-order valence-corrected chi connectivity index (χ4v) is 4.01. The van der Waals surface area contributed by atoms with Crippen molar-refractivity contribution in [2.75, 3.05) is 5.75 Å². The van der Waals surface area contributed by atoms with Gasteiger partial charge in [-0.15, -0.1) is 10.2 Å². The second-order valence-corrected chi connectivity index (χ2v) is 7.79. The lowest BCUT2D eigenvalue weighted by molar-refractivity contribution is -0.119. The number of benzene rings is 1. The normalized spacial score (nSPS) is 14.9. The van der Waals surface area contributed by atoms with Crippen molar-refractivity contribution in [3.63, 3.8) is 0 Å². The van der Waals surface area contributed by atoms with Gasteiger partial charge < -0.3 is 14.4 Å². The third-order valence-electron chi connectivity index (χ3n) is 4.79. The number of hydrogen-bond donors (Lipinski definition) is 1. The first kappa shape index (κ1) is 18.7. The number of nitrogens with one attached hydrogen (secondary N) is 1. The lowest BCUT2D eigenvalue weighted by atomic mass is 9.95. The Morgan fingerprint density at radius 3 is 2.79 bits per heavy atom. The summed E-state index contributed by atoms with van der Waals surface area (Å²) in [5.74, 6) is 1.61. The molecule has 1 saturated carbocycles. The maximum absolute atomic E-state index is 12.2. The van der Waals surface area contributed by atoms with Crippen LogP contribution in [0.1, 0.15) is 32.1 Å². The zero-order valence-corrected chi connectivity index (χ0v) is 16.5. The molecule has 1 amide bonds. The van der Waals surface area contributed by atoms with E-state index in [4.69, 9.17) is 4.52 Å². The zero-order chi connectivity index (χ0) is 19.3. The fourth-order valence-electron chi connectivity index (χ4n) is 3.29. The number of nitrogens with zero attached hydrogens (tertiary/aromatic N) is 5. The summed E-state index contributed by atoms with van der Waals surface area (Å²) in [4.78, 5) is 16.6. The minimum Gasteiger partial charge on any atom is -0.353 e. The van der Waals surface area contributed by atoms with Gasteiger partial charge in [-0.25, -0.2) is 0 Å². The number of hydrogen-bond acceptors (Lipinski definition) is 7. The smallest absolute Gasteiger partial charge is 0.296 e. The molecule has 1 aliphatic carbocycles. The zero-order valence-electron chi connectivity index (χ0n) is 15.7. The van der Waals surface area contributed by atoms with E-state index in [-0.39, 0.29) is 5.91 Å². The summed E-state index contributed by atoms with van der Waals surface area (Å²) >= 11 is 1.35. The largest absolute Gasteiger partial charge is 0.353 e. The number of rotatable bonds is 6. The molecule has 8 nitrogen and oxygen atoms in total. The fraction of sp³-hybridized carbons (Fsp3) is 0.421. The van der Waals surface area contributed by atoms with Gasteiger partial charge in [-0.2, -0.15) is 4.98 Å². The van der Waals surface area contributed by atoms with Crippen molar-refractivity contribution in [2.45, 2.75) is 43.3 Å². The van der Waals surface area contributed by atoms with Gasteiger partial charge in [0.05, 0.1) is 5.75 Å². The second kappa shape index (κ2) is 8.55. The molecule has 3 aromatic rings. The Bertz CT molecular complexity index is 933. The molecule has 0 saturated heterocycles. The molecule has 4 rings (SSSR count). The van der Waals surface area contributed by atoms with E-state index in [1.807, 2.05) is 37.4 Å². The summed E-state index contributed by atoms with van der Waals surface area (Å²) in [6.07, 6.45) is 5.81. The third kappa shape index (κ3) is 4.24. The average Bonchev–Trinajstić information content (AvgIpc) is 3.35. The van der Waals surface area contributed by atoms with Crippen molar-refractivity contribution >= 4 is 17.7 Å². The molecule has 0 bridgehead atoms. The van der Waals surface area contributed by atoms with Gasteiger partial charge in [0.25, 0.3) is 5.89 Å². The molecule has 1 aliphatic rings. The minimum absolute atomic E-state index is 0.0330. The summed E-state index contributed by atoms with van der Waals surface area (Å²) in [5.41, 5.74) is 0.869. The van der Waals surface area contributed by atoms with Gasteiger partial charge in [-0.1, -0.05) is 66.5 Å². The van der Waals surface area contributed by atoms with Gasteiger partial charge in [-0.3, -0.25) is 4.79 Å². The van der Waals surface area contributed by atoms with Crippen LogP contribution >= 0.6 is 11.8 Å². The Hall–Kier alpha value is -2.68. The van der Waals surface area contributed by atoms with Gasteiger partial charge in [0.1, 0.15) is 0 Å². The van der Waals surface area contributed by atoms with Crippen molar-refractivity contribution in [3.05, 3.63) is 30.3 Å². The first-order chi connectivity index (χ1) is 13.7. The van der Waals surface area contributed by atoms with E-state index in [1.54, 1.807) is 4.57 Å². The van der Waals surface area contributed by atoms with Crippen molar-refractivity contribution in [1.29, 1.82) is 0 Å². The number of aromatic nitrogens is 5. The number of amides is 1. The monoisotopic (exact) mass is 398 g/mol. The molecule has 28 heavy (non-hydrogen) atoms. The van der Waals surface area contributed by atoms with Crippen LogP contribution in [0.15, 0.2) is 40.0 Å². The summed E-state index contributed by atoms with van der Waals surface area (Å²) in [7, 11) is 1.82. The molecule has 2 heterocycles. The first-order valence-electron chi connectivity index (χ1n) is 9.42. The highest BCUT2D eigenvalue weighted by Crippen LogP contribution is 2.24. The molecule has 2 aromatic heterocycles. The molecule has 0 aliphatic heterocycles.